The van der Waals surface area contributed by atoms with Crippen LogP contribution in [0, 0.1) is 11.6 Å². The van der Waals surface area contributed by atoms with Crippen LogP contribution in [0.5, 0.6) is 0 Å². The van der Waals surface area contributed by atoms with Crippen molar-refractivity contribution in [2.45, 2.75) is 6.04 Å². The number of benzene rings is 1. The van der Waals surface area contributed by atoms with Gasteiger partial charge in [0, 0.05) is 27.7 Å². The smallest absolute Gasteiger partial charge is 0.335 e. The highest BCUT2D eigenvalue weighted by molar-refractivity contribution is 9.09. The first-order chi connectivity index (χ1) is 12.4. The number of aliphatic carboxylic acids is 1. The second-order valence-corrected chi connectivity index (χ2v) is 6.31. The van der Waals surface area contributed by atoms with E-state index in [0.29, 0.717) is 16.7 Å². The standard InChI is InChI=1S/C17H11BrClF2N3O2/c18-6-12-13(17(25)26)14(9-3-1-2-4-10(9)19)24-16(23-12)15-11(21)5-8(20)7-22-15/h1-5,7,14H,6H2,(H,23,24)(H,25,26). The van der Waals surface area contributed by atoms with Crippen LogP contribution in [-0.2, 0) is 4.79 Å². The Bertz CT molecular complexity index is 949. The number of hydrogen-bond donors (Lipinski definition) is 2. The van der Waals surface area contributed by atoms with Gasteiger partial charge in [0.05, 0.1) is 11.8 Å². The van der Waals surface area contributed by atoms with Crippen LogP contribution in [0.3, 0.4) is 0 Å². The molecule has 1 unspecified atom stereocenters. The summed E-state index contributed by atoms with van der Waals surface area (Å²) in [6.45, 7) is 0. The van der Waals surface area contributed by atoms with Crippen LogP contribution in [-0.4, -0.2) is 27.2 Å². The number of amidine groups is 1. The van der Waals surface area contributed by atoms with Crippen molar-refractivity contribution in [3.05, 3.63) is 75.7 Å². The summed E-state index contributed by atoms with van der Waals surface area (Å²) in [5.74, 6) is -2.94. The molecule has 1 aromatic heterocycles. The van der Waals surface area contributed by atoms with Crippen molar-refractivity contribution in [1.82, 2.24) is 10.3 Å². The van der Waals surface area contributed by atoms with Gasteiger partial charge in [0.2, 0.25) is 0 Å². The topological polar surface area (TPSA) is 74.6 Å². The Kier molecular flexibility index (Phi) is 5.33. The number of nitrogens with one attached hydrogen (secondary N) is 1. The Balaban J connectivity index is 2.19. The number of pyridine rings is 1. The monoisotopic (exact) mass is 441 g/mol. The molecular formula is C17H11BrClF2N3O2. The first-order valence-electron chi connectivity index (χ1n) is 7.35. The maximum absolute atomic E-state index is 14.1. The Morgan fingerprint density at radius 2 is 2.08 bits per heavy atom. The summed E-state index contributed by atoms with van der Waals surface area (Å²) in [6.07, 6.45) is 0.858. The Labute approximate surface area is 160 Å². The molecule has 1 aromatic carbocycles. The zero-order valence-corrected chi connectivity index (χ0v) is 15.4. The third-order valence-corrected chi connectivity index (χ3v) is 4.63. The lowest BCUT2D eigenvalue weighted by Gasteiger charge is -2.26. The molecule has 9 heteroatoms. The molecule has 2 aromatic rings. The average Bonchev–Trinajstić information content (AvgIpc) is 2.60. The third kappa shape index (κ3) is 3.47. The van der Waals surface area contributed by atoms with Crippen LogP contribution in [0.2, 0.25) is 5.02 Å². The fourth-order valence-electron chi connectivity index (χ4n) is 2.58. The van der Waals surface area contributed by atoms with Gasteiger partial charge in [-0.05, 0) is 6.07 Å². The van der Waals surface area contributed by atoms with Crippen molar-refractivity contribution in [3.63, 3.8) is 0 Å². The quantitative estimate of drug-likeness (QED) is 0.706. The number of alkyl halides is 1. The van der Waals surface area contributed by atoms with Crippen molar-refractivity contribution < 1.29 is 18.7 Å². The van der Waals surface area contributed by atoms with Crippen molar-refractivity contribution in [3.8, 4) is 0 Å². The minimum atomic E-state index is -1.19. The molecule has 0 fully saturated rings. The van der Waals surface area contributed by atoms with Crippen LogP contribution in [0.25, 0.3) is 0 Å². The second-order valence-electron chi connectivity index (χ2n) is 5.34. The average molecular weight is 443 g/mol. The van der Waals surface area contributed by atoms with Gasteiger partial charge in [0.15, 0.2) is 11.7 Å². The van der Waals surface area contributed by atoms with E-state index in [1.54, 1.807) is 24.3 Å². The van der Waals surface area contributed by atoms with Gasteiger partial charge < -0.3 is 10.4 Å². The van der Waals surface area contributed by atoms with E-state index in [4.69, 9.17) is 11.6 Å². The molecule has 2 N–H and O–H groups in total. The van der Waals surface area contributed by atoms with Crippen molar-refractivity contribution in [2.75, 3.05) is 5.33 Å². The van der Waals surface area contributed by atoms with Gasteiger partial charge in [0.1, 0.15) is 17.6 Å². The number of carboxylic acid groups (broad SMARTS) is 1. The van der Waals surface area contributed by atoms with Crippen LogP contribution in [0.1, 0.15) is 17.3 Å². The molecule has 0 saturated heterocycles. The number of aliphatic imine (C=N–C) groups is 1. The summed E-state index contributed by atoms with van der Waals surface area (Å²) in [6, 6.07) is 6.36. The maximum atomic E-state index is 14.1. The van der Waals surface area contributed by atoms with E-state index < -0.39 is 23.6 Å². The lowest BCUT2D eigenvalue weighted by molar-refractivity contribution is -0.133. The number of hydrogen-bond acceptors (Lipinski definition) is 4. The number of nitrogens with zero attached hydrogens (tertiary/aromatic N) is 2. The molecule has 0 radical (unpaired) electrons. The van der Waals surface area contributed by atoms with Crippen LogP contribution in [0.15, 0.2) is 52.8 Å². The largest absolute Gasteiger partial charge is 0.478 e. The summed E-state index contributed by atoms with van der Waals surface area (Å²) in [7, 11) is 0. The summed E-state index contributed by atoms with van der Waals surface area (Å²) in [5, 5.41) is 12.9. The van der Waals surface area contributed by atoms with E-state index in [9.17, 15) is 18.7 Å². The molecule has 0 aliphatic carbocycles. The Morgan fingerprint density at radius 3 is 2.69 bits per heavy atom. The summed E-state index contributed by atoms with van der Waals surface area (Å²) in [5.41, 5.74) is 0.483. The van der Waals surface area contributed by atoms with E-state index in [-0.39, 0.29) is 28.1 Å². The normalized spacial score (nSPS) is 16.9. The fourth-order valence-corrected chi connectivity index (χ4v) is 3.27. The van der Waals surface area contributed by atoms with E-state index in [0.717, 1.165) is 6.20 Å². The van der Waals surface area contributed by atoms with Crippen molar-refractivity contribution in [2.24, 2.45) is 4.99 Å². The molecule has 0 bridgehead atoms. The SMILES string of the molecule is O=C(O)C1=C(CBr)NC(c2ncc(F)cc2F)=NC1c1ccccc1Cl. The summed E-state index contributed by atoms with van der Waals surface area (Å²) >= 11 is 9.43. The molecule has 1 aliphatic heterocycles. The Hall–Kier alpha value is -2.32. The molecule has 134 valence electrons. The fraction of sp³-hybridized carbons (Fsp3) is 0.118. The lowest BCUT2D eigenvalue weighted by Crippen LogP contribution is -2.35. The molecule has 26 heavy (non-hydrogen) atoms. The molecule has 1 atom stereocenters. The highest BCUT2D eigenvalue weighted by Gasteiger charge is 2.32. The molecule has 0 amide bonds. The van der Waals surface area contributed by atoms with Crippen molar-refractivity contribution in [1.29, 1.82) is 0 Å². The Morgan fingerprint density at radius 1 is 1.35 bits per heavy atom. The molecule has 3 rings (SSSR count). The van der Waals surface area contributed by atoms with Crippen molar-refractivity contribution >= 4 is 39.3 Å². The van der Waals surface area contributed by atoms with Crippen LogP contribution in [0.4, 0.5) is 8.78 Å². The number of rotatable bonds is 4. The van der Waals surface area contributed by atoms with E-state index in [2.05, 4.69) is 31.2 Å². The van der Waals surface area contributed by atoms with Gasteiger partial charge >= 0.3 is 5.97 Å². The third-order valence-electron chi connectivity index (χ3n) is 3.72. The first kappa shape index (κ1) is 18.5. The summed E-state index contributed by atoms with van der Waals surface area (Å²) in [4.78, 5) is 19.8. The van der Waals surface area contributed by atoms with E-state index in [1.807, 2.05) is 0 Å². The number of allylic oxidation sites excluding steroid dienone is 1. The first-order valence-corrected chi connectivity index (χ1v) is 8.85. The number of aromatic nitrogens is 1. The summed E-state index contributed by atoms with van der Waals surface area (Å²) < 4.78 is 27.3. The van der Waals surface area contributed by atoms with Crippen LogP contribution >= 0.6 is 27.5 Å². The molecule has 0 spiro atoms. The maximum Gasteiger partial charge on any atom is 0.335 e. The van der Waals surface area contributed by atoms with Gasteiger partial charge in [-0.15, -0.1) is 0 Å². The lowest BCUT2D eigenvalue weighted by atomic mass is 9.96. The van der Waals surface area contributed by atoms with Gasteiger partial charge in [-0.3, -0.25) is 4.99 Å². The molecule has 2 heterocycles. The zero-order chi connectivity index (χ0) is 18.8. The van der Waals surface area contributed by atoms with E-state index >= 15 is 0 Å². The predicted molar refractivity (Wildman–Crippen MR) is 96.5 cm³/mol. The van der Waals surface area contributed by atoms with Crippen LogP contribution < -0.4 is 5.32 Å². The van der Waals surface area contributed by atoms with Gasteiger partial charge in [-0.1, -0.05) is 45.7 Å². The van der Waals surface area contributed by atoms with Gasteiger partial charge in [0.25, 0.3) is 0 Å². The molecule has 1 aliphatic rings. The molecule has 0 saturated carbocycles. The second kappa shape index (κ2) is 7.51. The highest BCUT2D eigenvalue weighted by atomic mass is 79.9. The van der Waals surface area contributed by atoms with Gasteiger partial charge in [-0.2, -0.15) is 0 Å². The predicted octanol–water partition coefficient (Wildman–Crippen LogP) is 3.84. The van der Waals surface area contributed by atoms with Gasteiger partial charge in [-0.25, -0.2) is 18.6 Å². The number of carbonyl (C=O) groups is 1. The molecular weight excluding hydrogens is 432 g/mol. The minimum Gasteiger partial charge on any atom is -0.478 e. The zero-order valence-electron chi connectivity index (χ0n) is 13.0. The number of carboxylic acids is 1. The van der Waals surface area contributed by atoms with E-state index in [1.165, 1.54) is 0 Å². The highest BCUT2D eigenvalue weighted by Crippen LogP contribution is 2.35. The minimum absolute atomic E-state index is 0.00753. The molecule has 5 nitrogen and oxygen atoms in total. The number of halogens is 4.